The Morgan fingerprint density at radius 3 is 2.44 bits per heavy atom. The molecule has 0 amide bonds. The minimum atomic E-state index is -3.22. The van der Waals surface area contributed by atoms with E-state index in [4.69, 9.17) is 10.5 Å². The van der Waals surface area contributed by atoms with Crippen molar-refractivity contribution in [1.29, 1.82) is 0 Å². The fourth-order valence-electron chi connectivity index (χ4n) is 1.31. The number of anilines is 2. The van der Waals surface area contributed by atoms with E-state index in [0.29, 0.717) is 17.9 Å². The van der Waals surface area contributed by atoms with E-state index in [2.05, 4.69) is 5.32 Å². The van der Waals surface area contributed by atoms with Crippen molar-refractivity contribution in [3.8, 4) is 0 Å². The van der Waals surface area contributed by atoms with E-state index >= 15 is 0 Å². The number of methoxy groups -OCH3 is 1. The third-order valence-electron chi connectivity index (χ3n) is 2.71. The molecule has 18 heavy (non-hydrogen) atoms. The molecule has 0 heterocycles. The van der Waals surface area contributed by atoms with E-state index in [0.717, 1.165) is 6.26 Å². The van der Waals surface area contributed by atoms with Crippen LogP contribution in [0.4, 0.5) is 11.4 Å². The second kappa shape index (κ2) is 5.16. The van der Waals surface area contributed by atoms with Gasteiger partial charge in [-0.25, -0.2) is 8.42 Å². The van der Waals surface area contributed by atoms with E-state index in [1.807, 2.05) is 13.8 Å². The molecule has 0 fully saturated rings. The van der Waals surface area contributed by atoms with Gasteiger partial charge >= 0.3 is 0 Å². The molecule has 0 bridgehead atoms. The molecule has 0 aromatic heterocycles. The number of nitrogens with two attached hydrogens (primary N) is 1. The van der Waals surface area contributed by atoms with Crippen molar-refractivity contribution < 1.29 is 13.2 Å². The molecule has 0 spiro atoms. The van der Waals surface area contributed by atoms with Gasteiger partial charge in [-0.2, -0.15) is 0 Å². The smallest absolute Gasteiger partial charge is 0.175 e. The van der Waals surface area contributed by atoms with E-state index < -0.39 is 9.84 Å². The Balaban J connectivity index is 2.88. The molecule has 0 aliphatic heterocycles. The lowest BCUT2D eigenvalue weighted by atomic mass is 10.1. The quantitative estimate of drug-likeness (QED) is 0.794. The average molecular weight is 272 g/mol. The highest BCUT2D eigenvalue weighted by Crippen LogP contribution is 2.23. The summed E-state index contributed by atoms with van der Waals surface area (Å²) in [6.45, 7) is 4.47. The van der Waals surface area contributed by atoms with Gasteiger partial charge in [-0.05, 0) is 32.0 Å². The van der Waals surface area contributed by atoms with Gasteiger partial charge in [0.2, 0.25) is 0 Å². The summed E-state index contributed by atoms with van der Waals surface area (Å²) >= 11 is 0. The van der Waals surface area contributed by atoms with Crippen molar-refractivity contribution in [3.63, 3.8) is 0 Å². The molecule has 1 rings (SSSR count). The largest absolute Gasteiger partial charge is 0.397 e. The second-order valence-electron chi connectivity index (χ2n) is 4.84. The van der Waals surface area contributed by atoms with Crippen LogP contribution in [0.5, 0.6) is 0 Å². The maximum absolute atomic E-state index is 11.4. The molecule has 0 radical (unpaired) electrons. The number of ether oxygens (including phenoxy) is 1. The van der Waals surface area contributed by atoms with Gasteiger partial charge in [-0.1, -0.05) is 0 Å². The van der Waals surface area contributed by atoms with Crippen molar-refractivity contribution >= 4 is 21.2 Å². The minimum Gasteiger partial charge on any atom is -0.397 e. The van der Waals surface area contributed by atoms with Crippen LogP contribution in [0.15, 0.2) is 23.1 Å². The van der Waals surface area contributed by atoms with Crippen molar-refractivity contribution in [2.75, 3.05) is 31.0 Å². The van der Waals surface area contributed by atoms with E-state index in [1.165, 1.54) is 12.1 Å². The summed E-state index contributed by atoms with van der Waals surface area (Å²) in [6, 6.07) is 4.66. The molecular weight excluding hydrogens is 252 g/mol. The molecule has 3 N–H and O–H groups in total. The van der Waals surface area contributed by atoms with Gasteiger partial charge < -0.3 is 15.8 Å². The zero-order chi connectivity index (χ0) is 14.0. The van der Waals surface area contributed by atoms with Crippen LogP contribution in [-0.4, -0.2) is 33.9 Å². The predicted molar refractivity (Wildman–Crippen MR) is 73.5 cm³/mol. The van der Waals surface area contributed by atoms with Crippen LogP contribution in [0.2, 0.25) is 0 Å². The predicted octanol–water partition coefficient (Wildman–Crippen LogP) is 1.51. The minimum absolute atomic E-state index is 0.219. The first-order valence-electron chi connectivity index (χ1n) is 5.54. The SMILES string of the molecule is COC(C)(C)CNc1ccc(S(C)(=O)=O)cc1N. The topological polar surface area (TPSA) is 81.4 Å². The fourth-order valence-corrected chi connectivity index (χ4v) is 1.97. The van der Waals surface area contributed by atoms with Crippen LogP contribution in [0, 0.1) is 0 Å². The Morgan fingerprint density at radius 2 is 2.00 bits per heavy atom. The number of rotatable bonds is 5. The molecule has 0 atom stereocenters. The Bertz CT molecular complexity index is 524. The summed E-state index contributed by atoms with van der Waals surface area (Å²) in [5, 5.41) is 3.14. The lowest BCUT2D eigenvalue weighted by Gasteiger charge is -2.24. The monoisotopic (exact) mass is 272 g/mol. The average Bonchev–Trinajstić information content (AvgIpc) is 2.26. The summed E-state index contributed by atoms with van der Waals surface area (Å²) in [5.41, 5.74) is 6.61. The lowest BCUT2D eigenvalue weighted by molar-refractivity contribution is 0.0344. The number of hydrogen-bond acceptors (Lipinski definition) is 5. The Kier molecular flexibility index (Phi) is 4.24. The molecule has 0 saturated heterocycles. The third-order valence-corrected chi connectivity index (χ3v) is 3.82. The van der Waals surface area contributed by atoms with Crippen molar-refractivity contribution in [3.05, 3.63) is 18.2 Å². The molecule has 1 aromatic carbocycles. The van der Waals surface area contributed by atoms with Gasteiger partial charge in [0, 0.05) is 19.9 Å². The molecule has 102 valence electrons. The number of nitrogen functional groups attached to an aromatic ring is 1. The van der Waals surface area contributed by atoms with Crippen LogP contribution in [-0.2, 0) is 14.6 Å². The summed E-state index contributed by atoms with van der Waals surface area (Å²) in [5.74, 6) is 0. The second-order valence-corrected chi connectivity index (χ2v) is 6.85. The molecule has 0 unspecified atom stereocenters. The van der Waals surface area contributed by atoms with Crippen molar-refractivity contribution in [2.24, 2.45) is 0 Å². The van der Waals surface area contributed by atoms with E-state index in [9.17, 15) is 8.42 Å². The lowest BCUT2D eigenvalue weighted by Crippen LogP contribution is -2.32. The summed E-state index contributed by atoms with van der Waals surface area (Å²) in [4.78, 5) is 0.219. The van der Waals surface area contributed by atoms with Gasteiger partial charge in [0.05, 0.1) is 21.9 Å². The zero-order valence-corrected chi connectivity index (χ0v) is 12.0. The maximum Gasteiger partial charge on any atom is 0.175 e. The number of sulfone groups is 1. The first kappa shape index (κ1) is 14.8. The highest BCUT2D eigenvalue weighted by molar-refractivity contribution is 7.90. The summed E-state index contributed by atoms with van der Waals surface area (Å²) in [6.07, 6.45) is 1.16. The summed E-state index contributed by atoms with van der Waals surface area (Å²) < 4.78 is 28.0. The first-order valence-corrected chi connectivity index (χ1v) is 7.43. The van der Waals surface area contributed by atoms with Gasteiger partial charge in [-0.15, -0.1) is 0 Å². The normalized spacial score (nSPS) is 12.4. The number of nitrogens with one attached hydrogen (secondary N) is 1. The molecule has 0 aliphatic rings. The molecule has 0 saturated carbocycles. The van der Waals surface area contributed by atoms with Gasteiger partial charge in [-0.3, -0.25) is 0 Å². The van der Waals surface area contributed by atoms with Crippen LogP contribution in [0.25, 0.3) is 0 Å². The molecule has 0 aliphatic carbocycles. The fraction of sp³-hybridized carbons (Fsp3) is 0.500. The summed E-state index contributed by atoms with van der Waals surface area (Å²) in [7, 11) is -1.59. The Labute approximate surface area is 108 Å². The standard InChI is InChI=1S/C12H20N2O3S/c1-12(2,17-3)8-14-11-6-5-9(7-10(11)13)18(4,15)16/h5-7,14H,8,13H2,1-4H3. The molecule has 1 aromatic rings. The number of benzene rings is 1. The van der Waals surface area contributed by atoms with E-state index in [1.54, 1.807) is 13.2 Å². The van der Waals surface area contributed by atoms with Crippen LogP contribution < -0.4 is 11.1 Å². The zero-order valence-electron chi connectivity index (χ0n) is 11.1. The van der Waals surface area contributed by atoms with Crippen molar-refractivity contribution in [1.82, 2.24) is 0 Å². The molecular formula is C12H20N2O3S. The van der Waals surface area contributed by atoms with E-state index in [-0.39, 0.29) is 10.5 Å². The maximum atomic E-state index is 11.4. The van der Waals surface area contributed by atoms with Gasteiger partial charge in [0.25, 0.3) is 0 Å². The number of hydrogen-bond donors (Lipinski definition) is 2. The first-order chi connectivity index (χ1) is 8.15. The third kappa shape index (κ3) is 3.89. The van der Waals surface area contributed by atoms with Gasteiger partial charge in [0.15, 0.2) is 9.84 Å². The molecule has 6 heteroatoms. The molecule has 5 nitrogen and oxygen atoms in total. The van der Waals surface area contributed by atoms with Crippen molar-refractivity contribution in [2.45, 2.75) is 24.3 Å². The van der Waals surface area contributed by atoms with Crippen LogP contribution in [0.1, 0.15) is 13.8 Å². The highest BCUT2D eigenvalue weighted by Gasteiger charge is 2.16. The van der Waals surface area contributed by atoms with Crippen LogP contribution in [0.3, 0.4) is 0 Å². The van der Waals surface area contributed by atoms with Crippen LogP contribution >= 0.6 is 0 Å². The highest BCUT2D eigenvalue weighted by atomic mass is 32.2. The Morgan fingerprint density at radius 1 is 1.39 bits per heavy atom. The van der Waals surface area contributed by atoms with Gasteiger partial charge in [0.1, 0.15) is 0 Å². The Hall–Kier alpha value is -1.27.